The molecule has 3 aliphatic rings. The van der Waals surface area contributed by atoms with E-state index < -0.39 is 75.3 Å². The fourth-order valence-electron chi connectivity index (χ4n) is 5.04. The highest BCUT2D eigenvalue weighted by molar-refractivity contribution is 6.22. The second-order valence-corrected chi connectivity index (χ2v) is 8.13. The Morgan fingerprint density at radius 2 is 1.80 bits per heavy atom. The minimum Gasteiger partial charge on any atom is -0.508 e. The van der Waals surface area contributed by atoms with Gasteiger partial charge in [0.15, 0.2) is 11.4 Å². The van der Waals surface area contributed by atoms with E-state index >= 15 is 0 Å². The lowest BCUT2D eigenvalue weighted by molar-refractivity contribution is -0.152. The van der Waals surface area contributed by atoms with Gasteiger partial charge < -0.3 is 37.0 Å². The third-order valence-electron chi connectivity index (χ3n) is 6.50. The quantitative estimate of drug-likeness (QED) is 0.182. The lowest BCUT2D eigenvalue weighted by atomic mass is 9.55. The topological polar surface area (TPSA) is 204 Å². The number of hydrogen-bond donors (Lipinski definition) is 7. The molecule has 158 valence electrons. The summed E-state index contributed by atoms with van der Waals surface area (Å²) in [6, 6.07) is 2.51. The van der Waals surface area contributed by atoms with Crippen molar-refractivity contribution in [3.63, 3.8) is 0 Å². The Bertz CT molecular complexity index is 1120. The first-order valence-corrected chi connectivity index (χ1v) is 9.16. The summed E-state index contributed by atoms with van der Waals surface area (Å²) in [5, 5.41) is 54.0. The van der Waals surface area contributed by atoms with E-state index in [2.05, 4.69) is 0 Å². The van der Waals surface area contributed by atoms with Crippen LogP contribution in [0.3, 0.4) is 0 Å². The van der Waals surface area contributed by atoms with Gasteiger partial charge in [-0.25, -0.2) is 0 Å². The Labute approximate surface area is 169 Å². The van der Waals surface area contributed by atoms with Gasteiger partial charge in [-0.1, -0.05) is 0 Å². The van der Waals surface area contributed by atoms with E-state index in [-0.39, 0.29) is 23.2 Å². The van der Waals surface area contributed by atoms with Gasteiger partial charge >= 0.3 is 0 Å². The number of primary amides is 1. The predicted molar refractivity (Wildman–Crippen MR) is 102 cm³/mol. The maximum Gasteiger partial charge on any atom is 0.255 e. The van der Waals surface area contributed by atoms with Crippen LogP contribution >= 0.6 is 0 Å². The standard InChI is InChI=1S/C20H20N2O8/c1-19(29)7-4-6-5-10(24)13(18(22)28)17(27)20(6,30)16(26)11(7)15(25)12-9(23)3-2-8(21)14(12)19/h2-3,6-7,23,25,27,29-30H,4-5,21H2,1H3,(H2,22,28)/t6-,7-,19+,20-/m0/s1. The van der Waals surface area contributed by atoms with Gasteiger partial charge in [0.25, 0.3) is 5.91 Å². The summed E-state index contributed by atoms with van der Waals surface area (Å²) in [6.45, 7) is 1.34. The number of nitrogens with two attached hydrogens (primary N) is 2. The van der Waals surface area contributed by atoms with E-state index in [1.54, 1.807) is 0 Å². The van der Waals surface area contributed by atoms with Gasteiger partial charge in [-0.05, 0) is 25.5 Å². The summed E-state index contributed by atoms with van der Waals surface area (Å²) >= 11 is 0. The smallest absolute Gasteiger partial charge is 0.255 e. The molecule has 9 N–H and O–H groups in total. The van der Waals surface area contributed by atoms with Crippen molar-refractivity contribution in [2.24, 2.45) is 17.6 Å². The number of benzene rings is 1. The Balaban J connectivity index is 2.03. The molecular formula is C20H20N2O8. The third kappa shape index (κ3) is 2.17. The minimum absolute atomic E-state index is 0.00622. The van der Waals surface area contributed by atoms with Crippen molar-refractivity contribution in [2.45, 2.75) is 31.0 Å². The first kappa shape index (κ1) is 19.9. The van der Waals surface area contributed by atoms with Crippen LogP contribution in [-0.4, -0.2) is 48.6 Å². The number of hydrogen-bond acceptors (Lipinski definition) is 9. The molecule has 10 nitrogen and oxygen atoms in total. The van der Waals surface area contributed by atoms with Crippen molar-refractivity contribution < 1.29 is 39.9 Å². The van der Waals surface area contributed by atoms with E-state index in [1.165, 1.54) is 19.1 Å². The molecule has 1 saturated carbocycles. The van der Waals surface area contributed by atoms with Crippen molar-refractivity contribution in [1.82, 2.24) is 0 Å². The van der Waals surface area contributed by atoms with Crippen LogP contribution in [0, 0.1) is 11.8 Å². The van der Waals surface area contributed by atoms with Gasteiger partial charge in [0, 0.05) is 35.1 Å². The van der Waals surface area contributed by atoms with Crippen LogP contribution in [0.25, 0.3) is 5.76 Å². The van der Waals surface area contributed by atoms with Gasteiger partial charge in [0.05, 0.1) is 11.2 Å². The molecule has 0 radical (unpaired) electrons. The van der Waals surface area contributed by atoms with Crippen LogP contribution in [0.4, 0.5) is 5.69 Å². The third-order valence-corrected chi connectivity index (χ3v) is 6.50. The van der Waals surface area contributed by atoms with Crippen LogP contribution in [0.1, 0.15) is 30.9 Å². The van der Waals surface area contributed by atoms with Crippen LogP contribution < -0.4 is 11.5 Å². The first-order chi connectivity index (χ1) is 13.8. The highest BCUT2D eigenvalue weighted by Crippen LogP contribution is 2.57. The number of rotatable bonds is 1. The van der Waals surface area contributed by atoms with Crippen molar-refractivity contribution >= 4 is 28.9 Å². The summed E-state index contributed by atoms with van der Waals surface area (Å²) in [7, 11) is 0. The number of aliphatic hydroxyl groups excluding tert-OH is 2. The number of fused-ring (bicyclic) bond motifs is 3. The van der Waals surface area contributed by atoms with Gasteiger partial charge in [0.1, 0.15) is 22.8 Å². The number of phenolic OH excluding ortho intramolecular Hbond substituents is 1. The van der Waals surface area contributed by atoms with Gasteiger partial charge in [-0.15, -0.1) is 0 Å². The normalized spacial score (nSPS) is 33.2. The molecule has 1 aromatic carbocycles. The number of aliphatic hydroxyl groups is 4. The Kier molecular flexibility index (Phi) is 3.87. The summed E-state index contributed by atoms with van der Waals surface area (Å²) < 4.78 is 0. The molecular weight excluding hydrogens is 396 g/mol. The highest BCUT2D eigenvalue weighted by Gasteiger charge is 2.63. The zero-order chi connectivity index (χ0) is 22.3. The molecule has 0 aromatic heterocycles. The summed E-state index contributed by atoms with van der Waals surface area (Å²) in [6.07, 6.45) is -0.682. The Morgan fingerprint density at radius 1 is 1.17 bits per heavy atom. The molecule has 3 aliphatic carbocycles. The highest BCUT2D eigenvalue weighted by atomic mass is 16.3. The van der Waals surface area contributed by atoms with Gasteiger partial charge in [0.2, 0.25) is 5.78 Å². The summed E-state index contributed by atoms with van der Waals surface area (Å²) in [5.41, 5.74) is 5.01. The lowest BCUT2D eigenvalue weighted by Gasteiger charge is -2.50. The number of carbonyl (C=O) groups is 3. The molecule has 0 spiro atoms. The van der Waals surface area contributed by atoms with Crippen molar-refractivity contribution in [3.8, 4) is 5.75 Å². The zero-order valence-corrected chi connectivity index (χ0v) is 15.8. The number of phenols is 1. The van der Waals surface area contributed by atoms with Crippen LogP contribution in [0.5, 0.6) is 5.75 Å². The molecule has 0 bridgehead atoms. The van der Waals surface area contributed by atoms with E-state index in [0.717, 1.165) is 0 Å². The van der Waals surface area contributed by atoms with Crippen LogP contribution in [0.2, 0.25) is 0 Å². The molecule has 4 atom stereocenters. The van der Waals surface area contributed by atoms with Gasteiger partial charge in [-0.3, -0.25) is 14.4 Å². The Morgan fingerprint density at radius 3 is 2.40 bits per heavy atom. The number of amides is 1. The van der Waals surface area contributed by atoms with E-state index in [9.17, 15) is 39.9 Å². The molecule has 0 aliphatic heterocycles. The number of carbonyl (C=O) groups excluding carboxylic acids is 3. The number of ketones is 2. The van der Waals surface area contributed by atoms with Gasteiger partial charge in [-0.2, -0.15) is 0 Å². The molecule has 0 saturated heterocycles. The number of Topliss-reactive ketones (excluding diaryl/α,β-unsaturated/α-hetero) is 2. The molecule has 1 aromatic rings. The fraction of sp³-hybridized carbons (Fsp3) is 0.350. The first-order valence-electron chi connectivity index (χ1n) is 9.16. The van der Waals surface area contributed by atoms with E-state index in [0.29, 0.717) is 0 Å². The molecule has 10 heteroatoms. The van der Waals surface area contributed by atoms with Crippen molar-refractivity contribution in [2.75, 3.05) is 5.73 Å². The number of aromatic hydroxyl groups is 1. The molecule has 1 fully saturated rings. The maximum atomic E-state index is 13.4. The minimum atomic E-state index is -2.69. The Hall–Kier alpha value is -3.37. The lowest BCUT2D eigenvalue weighted by Crippen LogP contribution is -2.60. The second kappa shape index (κ2) is 5.83. The molecule has 0 heterocycles. The van der Waals surface area contributed by atoms with E-state index in [1.807, 2.05) is 0 Å². The van der Waals surface area contributed by atoms with Crippen molar-refractivity contribution in [1.29, 1.82) is 0 Å². The van der Waals surface area contributed by atoms with Crippen molar-refractivity contribution in [3.05, 3.63) is 40.2 Å². The van der Waals surface area contributed by atoms with Crippen LogP contribution in [-0.2, 0) is 20.0 Å². The monoisotopic (exact) mass is 416 g/mol. The predicted octanol–water partition coefficient (Wildman–Crippen LogP) is -0.329. The molecule has 4 rings (SSSR count). The fourth-order valence-corrected chi connectivity index (χ4v) is 5.04. The average molecular weight is 416 g/mol. The molecule has 1 amide bonds. The second-order valence-electron chi connectivity index (χ2n) is 8.13. The molecule has 30 heavy (non-hydrogen) atoms. The average Bonchev–Trinajstić information content (AvgIpc) is 2.64. The van der Waals surface area contributed by atoms with E-state index in [4.69, 9.17) is 11.5 Å². The summed E-state index contributed by atoms with van der Waals surface area (Å²) in [5.74, 6) is -7.98. The maximum absolute atomic E-state index is 13.4. The number of nitrogen functional groups attached to an aromatic ring is 1. The molecule has 0 unspecified atom stereocenters. The summed E-state index contributed by atoms with van der Waals surface area (Å²) in [4.78, 5) is 37.3. The zero-order valence-electron chi connectivity index (χ0n) is 15.8. The van der Waals surface area contributed by atoms with Crippen LogP contribution in [0.15, 0.2) is 29.0 Å². The largest absolute Gasteiger partial charge is 0.508 e. The SMILES string of the molecule is C[C@]1(O)c2c(N)ccc(O)c2C(O)=C2C(=O)[C@]3(O)C(O)=C(C(N)=O)C(=O)C[C@@H]3C[C@@H]21. The number of anilines is 1.